The molecule has 14 heavy (non-hydrogen) atoms. The van der Waals surface area contributed by atoms with Gasteiger partial charge in [-0.15, -0.1) is 11.6 Å². The van der Waals surface area contributed by atoms with Gasteiger partial charge in [-0.05, 0) is 6.08 Å². The Morgan fingerprint density at radius 1 is 1.50 bits per heavy atom. The van der Waals surface area contributed by atoms with Crippen LogP contribution in [0.4, 0.5) is 0 Å². The summed E-state index contributed by atoms with van der Waals surface area (Å²) in [6.45, 7) is 1.03. The van der Waals surface area contributed by atoms with Crippen LogP contribution in [-0.4, -0.2) is 37.0 Å². The molecule has 1 saturated heterocycles. The minimum atomic E-state index is -0.857. The minimum Gasteiger partial charge on any atom is -0.449 e. The molecular formula is C9H11ClO4. The molecule has 5 heteroatoms. The van der Waals surface area contributed by atoms with E-state index in [1.807, 2.05) is 0 Å². The van der Waals surface area contributed by atoms with Crippen molar-refractivity contribution in [1.29, 1.82) is 0 Å². The van der Waals surface area contributed by atoms with Crippen molar-refractivity contribution in [3.8, 4) is 0 Å². The fourth-order valence-electron chi connectivity index (χ4n) is 1.66. The first-order valence-corrected chi connectivity index (χ1v) is 5.03. The fourth-order valence-corrected chi connectivity index (χ4v) is 1.92. The Kier molecular flexibility index (Phi) is 2.76. The Hall–Kier alpha value is -0.580. The van der Waals surface area contributed by atoms with Gasteiger partial charge >= 0.3 is 5.97 Å². The SMILES string of the molecule is O=C1C=CC(C2(CCCl)OCCO2)O1. The second kappa shape index (κ2) is 3.88. The molecule has 0 bridgehead atoms. The summed E-state index contributed by atoms with van der Waals surface area (Å²) < 4.78 is 16.0. The Morgan fingerprint density at radius 2 is 2.21 bits per heavy atom. The highest BCUT2D eigenvalue weighted by Gasteiger charge is 2.46. The molecule has 0 aliphatic carbocycles. The van der Waals surface area contributed by atoms with Gasteiger partial charge in [0.2, 0.25) is 5.79 Å². The molecule has 2 heterocycles. The number of carbonyl (C=O) groups excluding carboxylic acids is 1. The van der Waals surface area contributed by atoms with Crippen molar-refractivity contribution < 1.29 is 19.0 Å². The van der Waals surface area contributed by atoms with E-state index in [1.54, 1.807) is 6.08 Å². The predicted octanol–water partition coefficient (Wildman–Crippen LogP) is 0.840. The molecule has 4 nitrogen and oxygen atoms in total. The van der Waals surface area contributed by atoms with Crippen LogP contribution in [0.2, 0.25) is 0 Å². The molecule has 0 amide bonds. The summed E-state index contributed by atoms with van der Waals surface area (Å²) in [6.07, 6.45) is 3.08. The van der Waals surface area contributed by atoms with Gasteiger partial charge in [0.25, 0.3) is 0 Å². The molecule has 0 aromatic carbocycles. The molecule has 0 radical (unpaired) electrons. The van der Waals surface area contributed by atoms with Gasteiger partial charge in [-0.3, -0.25) is 0 Å². The highest BCUT2D eigenvalue weighted by atomic mass is 35.5. The Morgan fingerprint density at radius 3 is 2.71 bits per heavy atom. The molecular weight excluding hydrogens is 208 g/mol. The normalized spacial score (nSPS) is 29.5. The number of carbonyl (C=O) groups is 1. The van der Waals surface area contributed by atoms with E-state index >= 15 is 0 Å². The van der Waals surface area contributed by atoms with Crippen molar-refractivity contribution in [2.75, 3.05) is 19.1 Å². The van der Waals surface area contributed by atoms with Gasteiger partial charge in [-0.1, -0.05) is 0 Å². The molecule has 2 aliphatic rings. The molecule has 0 saturated carbocycles. The van der Waals surface area contributed by atoms with E-state index in [2.05, 4.69) is 0 Å². The topological polar surface area (TPSA) is 44.8 Å². The van der Waals surface area contributed by atoms with E-state index in [0.29, 0.717) is 25.5 Å². The van der Waals surface area contributed by atoms with Crippen molar-refractivity contribution >= 4 is 17.6 Å². The number of halogens is 1. The molecule has 78 valence electrons. The quantitative estimate of drug-likeness (QED) is 0.520. The van der Waals surface area contributed by atoms with Crippen LogP contribution < -0.4 is 0 Å². The van der Waals surface area contributed by atoms with E-state index < -0.39 is 11.9 Å². The molecule has 2 rings (SSSR count). The molecule has 1 fully saturated rings. The summed E-state index contributed by atoms with van der Waals surface area (Å²) in [7, 11) is 0. The van der Waals surface area contributed by atoms with E-state index in [4.69, 9.17) is 25.8 Å². The van der Waals surface area contributed by atoms with Gasteiger partial charge in [0, 0.05) is 18.4 Å². The predicted molar refractivity (Wildman–Crippen MR) is 49.0 cm³/mol. The standard InChI is InChI=1S/C9H11ClO4/c10-4-3-9(12-5-6-13-9)7-1-2-8(11)14-7/h1-2,7H,3-6H2. The zero-order valence-corrected chi connectivity index (χ0v) is 8.33. The monoisotopic (exact) mass is 218 g/mol. The molecule has 1 unspecified atom stereocenters. The maximum Gasteiger partial charge on any atom is 0.331 e. The third kappa shape index (κ3) is 1.65. The van der Waals surface area contributed by atoms with Gasteiger partial charge in [0.1, 0.15) is 0 Å². The minimum absolute atomic E-state index is 0.358. The van der Waals surface area contributed by atoms with Crippen molar-refractivity contribution in [3.05, 3.63) is 12.2 Å². The van der Waals surface area contributed by atoms with Gasteiger partial charge < -0.3 is 14.2 Å². The average Bonchev–Trinajstić information content (AvgIpc) is 2.75. The third-order valence-corrected chi connectivity index (χ3v) is 2.49. The summed E-state index contributed by atoms with van der Waals surface area (Å²) in [6, 6.07) is 0. The van der Waals surface area contributed by atoms with Gasteiger partial charge in [-0.2, -0.15) is 0 Å². The summed E-state index contributed by atoms with van der Waals surface area (Å²) in [5.41, 5.74) is 0. The number of ether oxygens (including phenoxy) is 3. The average molecular weight is 219 g/mol. The zero-order chi connectivity index (χ0) is 10.0. The lowest BCUT2D eigenvalue weighted by molar-refractivity contribution is -0.215. The molecule has 0 aromatic rings. The molecule has 2 aliphatic heterocycles. The second-order valence-corrected chi connectivity index (χ2v) is 3.54. The van der Waals surface area contributed by atoms with Crippen LogP contribution >= 0.6 is 11.6 Å². The van der Waals surface area contributed by atoms with Gasteiger partial charge in [0.05, 0.1) is 13.2 Å². The lowest BCUT2D eigenvalue weighted by Gasteiger charge is -2.30. The number of alkyl halides is 1. The zero-order valence-electron chi connectivity index (χ0n) is 7.57. The van der Waals surface area contributed by atoms with Crippen LogP contribution in [0.15, 0.2) is 12.2 Å². The van der Waals surface area contributed by atoms with E-state index in [-0.39, 0.29) is 5.97 Å². The summed E-state index contributed by atoms with van der Waals surface area (Å²) in [4.78, 5) is 10.9. The summed E-state index contributed by atoms with van der Waals surface area (Å²) >= 11 is 5.66. The van der Waals surface area contributed by atoms with E-state index in [0.717, 1.165) is 0 Å². The Bertz CT molecular complexity index is 258. The highest BCUT2D eigenvalue weighted by Crippen LogP contribution is 2.32. The lowest BCUT2D eigenvalue weighted by Crippen LogP contribution is -2.43. The van der Waals surface area contributed by atoms with E-state index in [9.17, 15) is 4.79 Å². The van der Waals surface area contributed by atoms with Crippen LogP contribution in [0.1, 0.15) is 6.42 Å². The lowest BCUT2D eigenvalue weighted by atomic mass is 10.1. The second-order valence-electron chi connectivity index (χ2n) is 3.16. The van der Waals surface area contributed by atoms with Gasteiger partial charge in [-0.25, -0.2) is 4.79 Å². The van der Waals surface area contributed by atoms with Crippen LogP contribution in [0, 0.1) is 0 Å². The Balaban J connectivity index is 2.10. The Labute approximate surface area is 86.8 Å². The van der Waals surface area contributed by atoms with Crippen LogP contribution in [0.5, 0.6) is 0 Å². The van der Waals surface area contributed by atoms with Crippen LogP contribution in [0.3, 0.4) is 0 Å². The summed E-state index contributed by atoms with van der Waals surface area (Å²) in [5, 5.41) is 0. The number of rotatable bonds is 3. The van der Waals surface area contributed by atoms with Crippen molar-refractivity contribution in [2.24, 2.45) is 0 Å². The van der Waals surface area contributed by atoms with Crippen LogP contribution in [-0.2, 0) is 19.0 Å². The molecule has 0 aromatic heterocycles. The smallest absolute Gasteiger partial charge is 0.331 e. The maximum atomic E-state index is 10.9. The third-order valence-electron chi connectivity index (χ3n) is 2.30. The number of cyclic esters (lactones) is 1. The first-order valence-electron chi connectivity index (χ1n) is 4.49. The number of esters is 1. The van der Waals surface area contributed by atoms with Crippen molar-refractivity contribution in [2.45, 2.75) is 18.3 Å². The first kappa shape index (κ1) is 9.96. The summed E-state index contributed by atoms with van der Waals surface area (Å²) in [5.74, 6) is -0.810. The molecule has 0 spiro atoms. The maximum absolute atomic E-state index is 10.9. The molecule has 1 atom stereocenters. The van der Waals surface area contributed by atoms with Crippen molar-refractivity contribution in [3.63, 3.8) is 0 Å². The number of hydrogen-bond donors (Lipinski definition) is 0. The van der Waals surface area contributed by atoms with Crippen LogP contribution in [0.25, 0.3) is 0 Å². The first-order chi connectivity index (χ1) is 6.77. The van der Waals surface area contributed by atoms with E-state index in [1.165, 1.54) is 6.08 Å². The largest absolute Gasteiger partial charge is 0.449 e. The van der Waals surface area contributed by atoms with Crippen molar-refractivity contribution in [1.82, 2.24) is 0 Å². The molecule has 0 N–H and O–H groups in total. The van der Waals surface area contributed by atoms with Gasteiger partial charge in [0.15, 0.2) is 6.10 Å². The fraction of sp³-hybridized carbons (Fsp3) is 0.667. The number of hydrogen-bond acceptors (Lipinski definition) is 4. The highest BCUT2D eigenvalue weighted by molar-refractivity contribution is 6.17.